The summed E-state index contributed by atoms with van der Waals surface area (Å²) in [6, 6.07) is 122. The van der Waals surface area contributed by atoms with Crippen molar-refractivity contribution in [3.63, 3.8) is 0 Å². The van der Waals surface area contributed by atoms with Gasteiger partial charge in [-0.25, -0.2) is 0 Å². The predicted molar refractivity (Wildman–Crippen MR) is 561 cm³/mol. The fraction of sp³-hybridized carbons (Fsp3) is 0.171. The Morgan fingerprint density at radius 2 is 0.702 bits per heavy atom. The van der Waals surface area contributed by atoms with Gasteiger partial charge in [0.2, 0.25) is 16.9 Å². The summed E-state index contributed by atoms with van der Waals surface area (Å²) in [4.78, 5) is 59.8. The van der Waals surface area contributed by atoms with E-state index in [2.05, 4.69) is 316 Å². The van der Waals surface area contributed by atoms with E-state index >= 15 is 0 Å². The number of fused-ring (bicyclic) bond motifs is 14. The van der Waals surface area contributed by atoms with Gasteiger partial charge in [0.05, 0.1) is 61.6 Å². The van der Waals surface area contributed by atoms with Crippen molar-refractivity contribution in [3.05, 3.63) is 443 Å². The smallest absolute Gasteiger partial charge is 0.221 e. The maximum Gasteiger partial charge on any atom is 0.221 e. The van der Waals surface area contributed by atoms with E-state index in [1.54, 1.807) is 0 Å². The molecule has 0 atom stereocenters. The molecule has 2 aliphatic heterocycles. The number of hydrogen-bond donors (Lipinski definition) is 4. The third-order valence-electron chi connectivity index (χ3n) is 21.8. The van der Waals surface area contributed by atoms with Crippen LogP contribution in [-0.4, -0.2) is 63.5 Å². The number of ketones is 4. The predicted octanol–water partition coefficient (Wildman–Crippen LogP) is 28.7. The van der Waals surface area contributed by atoms with Crippen LogP contribution in [0.3, 0.4) is 0 Å². The number of aliphatic hydroxyl groups excluding tert-OH is 4. The van der Waals surface area contributed by atoms with Gasteiger partial charge in [0.1, 0.15) is 0 Å². The molecule has 0 bridgehead atoms. The second-order valence-corrected chi connectivity index (χ2v) is 34.6. The first-order valence-corrected chi connectivity index (χ1v) is 45.7. The maximum absolute atomic E-state index is 11.0. The molecular formula is C123H118Ir4N6O8-2. The molecule has 0 aliphatic carbocycles. The maximum atomic E-state index is 11.0. The van der Waals surface area contributed by atoms with Crippen LogP contribution in [0.4, 0.5) is 0 Å². The molecule has 0 unspecified atom stereocenters. The van der Waals surface area contributed by atoms with E-state index in [0.717, 1.165) is 91.3 Å². The van der Waals surface area contributed by atoms with Crippen molar-refractivity contribution in [3.8, 4) is 67.5 Å². The molecule has 0 saturated heterocycles. The third kappa shape index (κ3) is 34.2. The van der Waals surface area contributed by atoms with E-state index in [4.69, 9.17) is 25.3 Å². The molecular weight excluding hydrogens is 2460 g/mol. The number of para-hydroxylation sites is 3. The molecule has 0 amide bonds. The average Bonchev–Trinajstić information content (AvgIpc) is 1.60. The van der Waals surface area contributed by atoms with Gasteiger partial charge in [0.15, 0.2) is 42.4 Å². The number of hydrogen-bond acceptors (Lipinski definition) is 12. The van der Waals surface area contributed by atoms with Crippen molar-refractivity contribution in [2.24, 2.45) is 11.8 Å². The van der Waals surface area contributed by atoms with Gasteiger partial charge < -0.3 is 20.4 Å². The number of carbonyl (C=O) groups is 4. The van der Waals surface area contributed by atoms with Gasteiger partial charge >= 0.3 is 0 Å². The van der Waals surface area contributed by atoms with Crippen molar-refractivity contribution < 1.29 is 129 Å². The molecule has 0 saturated carbocycles. The summed E-state index contributed by atoms with van der Waals surface area (Å²) in [6.45, 7) is 32.6. The van der Waals surface area contributed by atoms with Crippen molar-refractivity contribution >= 4 is 88.4 Å². The molecule has 6 aromatic heterocycles. The second-order valence-electron chi connectivity index (χ2n) is 34.6. The zero-order valence-electron chi connectivity index (χ0n) is 82.4. The molecule has 0 spiro atoms. The number of rotatable bonds is 10. The van der Waals surface area contributed by atoms with Crippen LogP contribution in [0.2, 0.25) is 0 Å². The minimum Gasteiger partial charge on any atom is -0.512 e. The van der Waals surface area contributed by atoms with Crippen LogP contribution in [-0.2, 0) is 113 Å². The number of nitrogens with zero attached hydrogens (tertiary/aromatic N) is 6. The fourth-order valence-corrected chi connectivity index (χ4v) is 15.6. The molecule has 2 aliphatic rings. The largest absolute Gasteiger partial charge is 0.512 e. The molecule has 14 nitrogen and oxygen atoms in total. The van der Waals surface area contributed by atoms with E-state index < -0.39 is 0 Å². The molecule has 18 aromatic rings. The van der Waals surface area contributed by atoms with Crippen LogP contribution in [0, 0.1) is 84.6 Å². The van der Waals surface area contributed by atoms with Gasteiger partial charge in [-0.1, -0.05) is 231 Å². The van der Waals surface area contributed by atoms with Crippen molar-refractivity contribution in [1.82, 2.24) is 19.9 Å². The average molecular weight is 2580 g/mol. The number of aromatic nitrogens is 6. The van der Waals surface area contributed by atoms with Crippen molar-refractivity contribution in [1.29, 1.82) is 0 Å². The number of carbonyl (C=O) groups excluding carboxylic acids is 4. The van der Waals surface area contributed by atoms with Crippen LogP contribution < -0.4 is 9.13 Å². The fourth-order valence-electron chi connectivity index (χ4n) is 15.6. The van der Waals surface area contributed by atoms with Crippen LogP contribution in [0.1, 0.15) is 119 Å². The quantitative estimate of drug-likeness (QED) is 0.0436. The van der Waals surface area contributed by atoms with Gasteiger partial charge in [-0.15, -0.1) is 142 Å². The minimum atomic E-state index is -0.125. The summed E-state index contributed by atoms with van der Waals surface area (Å²) in [5.74, 6) is -0.0269. The first-order chi connectivity index (χ1) is 65.7. The molecule has 12 aromatic carbocycles. The van der Waals surface area contributed by atoms with Crippen LogP contribution in [0.5, 0.6) is 0 Å². The van der Waals surface area contributed by atoms with Gasteiger partial charge in [-0.3, -0.25) is 39.1 Å². The number of aliphatic hydroxyl groups is 4. The van der Waals surface area contributed by atoms with Gasteiger partial charge in [-0.05, 0) is 178 Å². The zero-order chi connectivity index (χ0) is 98.4. The molecule has 18 heteroatoms. The third-order valence-corrected chi connectivity index (χ3v) is 21.8. The molecule has 20 rings (SSSR count). The standard InChI is InChI=1S/C18H16N.2C17H14N.2C16H12N.C15H10N.C9H16O2.3C5H8O2.4Ir/c1-12-4-5-15-6-7-17(19-18(15)11-12)16-9-13(2)8-14(3)10-16;1-12-10-13-6-3-5-9-16(13)18-11-14-7-2-4-8-15(14)17(12)18;1-12-9-13(2)11-15(10-12)17-8-7-14-5-3-4-6-16(14)18-17;1-3-7-14-12(5-1)9-10-17-11-13-6-2-4-8-15(13)16(14)17;1-12-7-8-14-9-10-15(17-16(14)11-12)13-5-3-2-4-6-13;1-2-6-12(7-3-1)15-11-10-13-8-4-5-9-14(13)16-15;1-6(2)8(10)5-9(11)7(3)4;3*1-4(6)3-5(2)7;;;;/h4-9,11H,1-3H3;2-10H,11H2,1H3;3-10H,1-2H3;1-10H,11H2;2-5,7-11H,1H3;1-6,8-11H;5-7,10H,1-4H3;3*3,6H,1-2H3;;;;/q-1;+1;-1;+1;2*-1;;;;;;;;. The Labute approximate surface area is 883 Å². The number of aryl methyl sites for hydroxylation is 7. The summed E-state index contributed by atoms with van der Waals surface area (Å²) >= 11 is 0. The SMILES string of the molecule is CC(=O)C=C(C)O.CC(=O)C=C(C)O.CC(=O)C=C(C)O.CC(C)C(=O)C=C(O)C(C)C.Cc1[c-]c(-c2ccc3ccc(C)cc3n2)cc(C)c1.Cc1[c-]c(-c2ccc3ccccc3n2)cc(C)c1.Cc1cc2ccccc2[n+]2c1-c1ccccc1C2.Cc1ccc2ccc(-c3[c-]cccc3)nc2c1.[Ir].[Ir].[Ir].[Ir].[c-]1ccccc1-c1ccc2ccccc2n1.c1ccc2c(c1)C[n+]1ccc3ccccc3c1-2. The van der Waals surface area contributed by atoms with Gasteiger partial charge in [-0.2, -0.15) is 9.13 Å². The van der Waals surface area contributed by atoms with Gasteiger partial charge in [0, 0.05) is 151 Å². The van der Waals surface area contributed by atoms with Crippen LogP contribution >= 0.6 is 0 Å². The van der Waals surface area contributed by atoms with Crippen LogP contribution in [0.15, 0.2) is 369 Å². The Balaban J connectivity index is 0.000000216. The zero-order valence-corrected chi connectivity index (χ0v) is 92.0. The van der Waals surface area contributed by atoms with Crippen molar-refractivity contribution in [2.45, 2.75) is 131 Å². The van der Waals surface area contributed by atoms with E-state index in [9.17, 15) is 24.3 Å². The Kier molecular flexibility index (Phi) is 45.6. The van der Waals surface area contributed by atoms with E-state index in [-0.39, 0.29) is 138 Å². The molecule has 4 N–H and O–H groups in total. The molecule has 141 heavy (non-hydrogen) atoms. The minimum absolute atomic E-state index is 0. The Hall–Kier alpha value is -13.5. The summed E-state index contributed by atoms with van der Waals surface area (Å²) < 4.78 is 4.78. The molecule has 8 heterocycles. The topological polar surface area (TPSA) is 209 Å². The normalized spacial score (nSPS) is 11.1. The number of pyridine rings is 6. The summed E-state index contributed by atoms with van der Waals surface area (Å²) in [7, 11) is 0. The van der Waals surface area contributed by atoms with E-state index in [1.165, 1.54) is 171 Å². The van der Waals surface area contributed by atoms with E-state index in [1.807, 2.05) is 125 Å². The van der Waals surface area contributed by atoms with Crippen LogP contribution in [0.25, 0.3) is 133 Å². The Morgan fingerprint density at radius 1 is 0.333 bits per heavy atom. The molecule has 0 fully saturated rings. The summed E-state index contributed by atoms with van der Waals surface area (Å²) in [5.41, 5.74) is 30.6. The van der Waals surface area contributed by atoms with Crippen molar-refractivity contribution in [2.75, 3.05) is 0 Å². The summed E-state index contributed by atoms with van der Waals surface area (Å²) in [6.07, 6.45) is 7.01. The van der Waals surface area contributed by atoms with Gasteiger partial charge in [0.25, 0.3) is 0 Å². The number of allylic oxidation sites excluding steroid dienone is 8. The second kappa shape index (κ2) is 56.1. The van der Waals surface area contributed by atoms with E-state index in [0.29, 0.717) is 0 Å². The Morgan fingerprint density at radius 3 is 1.11 bits per heavy atom. The molecule has 726 valence electrons. The first kappa shape index (κ1) is 115. The number of benzene rings is 12. The first-order valence-electron chi connectivity index (χ1n) is 45.7. The Bertz CT molecular complexity index is 7360. The molecule has 4 radical (unpaired) electrons. The summed E-state index contributed by atoms with van der Waals surface area (Å²) in [5, 5.41) is 43.0. The monoisotopic (exact) mass is 2580 g/mol.